The van der Waals surface area contributed by atoms with Crippen LogP contribution >= 0.6 is 0 Å². The highest BCUT2D eigenvalue weighted by Gasteiger charge is 2.24. The number of nitrogens with one attached hydrogen (secondary N) is 1. The topological polar surface area (TPSA) is 56.2 Å². The van der Waals surface area contributed by atoms with E-state index in [4.69, 9.17) is 4.74 Å². The fourth-order valence-electron chi connectivity index (χ4n) is 2.95. The van der Waals surface area contributed by atoms with Crippen LogP contribution in [0.1, 0.15) is 43.6 Å². The number of carbonyl (C=O) groups is 1. The minimum atomic E-state index is -0.512. The van der Waals surface area contributed by atoms with E-state index in [0.29, 0.717) is 18.2 Å². The summed E-state index contributed by atoms with van der Waals surface area (Å²) >= 11 is 0. The highest BCUT2D eigenvalue weighted by Crippen LogP contribution is 2.35. The Morgan fingerprint density at radius 2 is 2.12 bits per heavy atom. The van der Waals surface area contributed by atoms with Crippen LogP contribution in [-0.4, -0.2) is 28.1 Å². The number of nitrogens with zero attached hydrogens (tertiary/aromatic N) is 2. The van der Waals surface area contributed by atoms with Gasteiger partial charge in [-0.2, -0.15) is 0 Å². The SMILES string of the molecule is Cc1cnc(C2CCC2)n1CCNC(=O)C(C)Oc1ccccc1. The van der Waals surface area contributed by atoms with E-state index < -0.39 is 6.10 Å². The van der Waals surface area contributed by atoms with Gasteiger partial charge in [0.1, 0.15) is 11.6 Å². The summed E-state index contributed by atoms with van der Waals surface area (Å²) in [5.74, 6) is 2.37. The monoisotopic (exact) mass is 327 g/mol. The second kappa shape index (κ2) is 7.51. The Hall–Kier alpha value is -2.30. The van der Waals surface area contributed by atoms with Crippen LogP contribution in [0.15, 0.2) is 36.5 Å². The minimum absolute atomic E-state index is 0.0955. The first kappa shape index (κ1) is 16.6. The third-order valence-electron chi connectivity index (χ3n) is 4.62. The number of hydrogen-bond donors (Lipinski definition) is 1. The van der Waals surface area contributed by atoms with Crippen LogP contribution in [0.25, 0.3) is 0 Å². The zero-order chi connectivity index (χ0) is 16.9. The van der Waals surface area contributed by atoms with Crippen LogP contribution in [0, 0.1) is 6.92 Å². The molecule has 1 unspecified atom stereocenters. The van der Waals surface area contributed by atoms with Gasteiger partial charge in [0.2, 0.25) is 0 Å². The standard InChI is InChI=1S/C19H25N3O2/c1-14-13-21-18(16-7-6-8-16)22(14)12-11-20-19(23)15(2)24-17-9-4-3-5-10-17/h3-5,9-10,13,15-16H,6-8,11-12H2,1-2H3,(H,20,23). The Labute approximate surface area is 143 Å². The van der Waals surface area contributed by atoms with Crippen molar-refractivity contribution in [3.63, 3.8) is 0 Å². The highest BCUT2D eigenvalue weighted by molar-refractivity contribution is 5.80. The van der Waals surface area contributed by atoms with Crippen molar-refractivity contribution in [2.24, 2.45) is 0 Å². The summed E-state index contributed by atoms with van der Waals surface area (Å²) in [7, 11) is 0. The van der Waals surface area contributed by atoms with E-state index in [1.54, 1.807) is 6.92 Å². The first-order valence-electron chi connectivity index (χ1n) is 8.66. The van der Waals surface area contributed by atoms with E-state index in [0.717, 1.165) is 12.2 Å². The van der Waals surface area contributed by atoms with Crippen molar-refractivity contribution in [3.05, 3.63) is 48.0 Å². The van der Waals surface area contributed by atoms with Crippen LogP contribution in [0.3, 0.4) is 0 Å². The predicted octanol–water partition coefficient (Wildman–Crippen LogP) is 3.04. The number of amides is 1. The first-order chi connectivity index (χ1) is 11.6. The molecule has 5 heteroatoms. The molecule has 1 aliphatic carbocycles. The Bertz CT molecular complexity index is 677. The van der Waals surface area contributed by atoms with Gasteiger partial charge in [-0.15, -0.1) is 0 Å². The molecule has 128 valence electrons. The third kappa shape index (κ3) is 3.78. The average Bonchev–Trinajstić information content (AvgIpc) is 2.88. The lowest BCUT2D eigenvalue weighted by atomic mass is 9.85. The van der Waals surface area contributed by atoms with Gasteiger partial charge in [-0.3, -0.25) is 4.79 Å². The van der Waals surface area contributed by atoms with Gasteiger partial charge in [0.25, 0.3) is 5.91 Å². The fraction of sp³-hybridized carbons (Fsp3) is 0.474. The number of hydrogen-bond acceptors (Lipinski definition) is 3. The molecule has 24 heavy (non-hydrogen) atoms. The van der Waals surface area contributed by atoms with Crippen molar-refractivity contribution in [2.75, 3.05) is 6.54 Å². The Kier molecular flexibility index (Phi) is 5.18. The molecule has 1 aliphatic rings. The van der Waals surface area contributed by atoms with Crippen molar-refractivity contribution >= 4 is 5.91 Å². The Morgan fingerprint density at radius 1 is 1.38 bits per heavy atom. The van der Waals surface area contributed by atoms with E-state index in [-0.39, 0.29) is 5.91 Å². The van der Waals surface area contributed by atoms with Gasteiger partial charge < -0.3 is 14.6 Å². The molecular formula is C19H25N3O2. The number of rotatable bonds is 7. The maximum Gasteiger partial charge on any atom is 0.260 e. The van der Waals surface area contributed by atoms with Gasteiger partial charge in [0, 0.05) is 30.9 Å². The molecule has 1 aromatic heterocycles. The van der Waals surface area contributed by atoms with Crippen LogP contribution in [-0.2, 0) is 11.3 Å². The van der Waals surface area contributed by atoms with Crippen LogP contribution in [0.2, 0.25) is 0 Å². The van der Waals surface area contributed by atoms with E-state index in [1.165, 1.54) is 25.1 Å². The summed E-state index contributed by atoms with van der Waals surface area (Å²) < 4.78 is 7.87. The molecule has 1 saturated carbocycles. The van der Waals surface area contributed by atoms with Gasteiger partial charge in [0.05, 0.1) is 0 Å². The predicted molar refractivity (Wildman–Crippen MR) is 93.1 cm³/mol. The smallest absolute Gasteiger partial charge is 0.260 e. The lowest BCUT2D eigenvalue weighted by Gasteiger charge is -2.26. The molecule has 0 spiro atoms. The number of ether oxygens (including phenoxy) is 1. The zero-order valence-electron chi connectivity index (χ0n) is 14.4. The molecule has 1 amide bonds. The lowest BCUT2D eigenvalue weighted by molar-refractivity contribution is -0.127. The molecule has 0 radical (unpaired) electrons. The normalized spacial score (nSPS) is 15.6. The molecule has 2 aromatic rings. The minimum Gasteiger partial charge on any atom is -0.481 e. The average molecular weight is 327 g/mol. The van der Waals surface area contributed by atoms with Crippen molar-refractivity contribution in [1.29, 1.82) is 0 Å². The molecule has 0 aliphatic heterocycles. The third-order valence-corrected chi connectivity index (χ3v) is 4.62. The number of para-hydroxylation sites is 1. The second-order valence-electron chi connectivity index (χ2n) is 6.40. The number of aryl methyl sites for hydroxylation is 1. The summed E-state index contributed by atoms with van der Waals surface area (Å²) in [5, 5.41) is 2.96. The molecule has 0 saturated heterocycles. The van der Waals surface area contributed by atoms with Crippen LogP contribution < -0.4 is 10.1 Å². The maximum absolute atomic E-state index is 12.2. The summed E-state index contributed by atoms with van der Waals surface area (Å²) in [5.41, 5.74) is 1.15. The van der Waals surface area contributed by atoms with Gasteiger partial charge in [-0.25, -0.2) is 4.98 Å². The van der Waals surface area contributed by atoms with Gasteiger partial charge >= 0.3 is 0 Å². The lowest BCUT2D eigenvalue weighted by Crippen LogP contribution is -2.38. The first-order valence-corrected chi connectivity index (χ1v) is 8.66. The molecule has 5 nitrogen and oxygen atoms in total. The maximum atomic E-state index is 12.2. The van der Waals surface area contributed by atoms with Crippen molar-refractivity contribution in [3.8, 4) is 5.75 Å². The summed E-state index contributed by atoms with van der Waals surface area (Å²) in [6, 6.07) is 9.41. The second-order valence-corrected chi connectivity index (χ2v) is 6.40. The van der Waals surface area contributed by atoms with E-state index in [2.05, 4.69) is 21.8 Å². The molecule has 1 aromatic carbocycles. The van der Waals surface area contributed by atoms with Crippen molar-refractivity contribution < 1.29 is 9.53 Å². The quantitative estimate of drug-likeness (QED) is 0.850. The summed E-state index contributed by atoms with van der Waals surface area (Å²) in [4.78, 5) is 16.7. The van der Waals surface area contributed by atoms with Gasteiger partial charge in [-0.1, -0.05) is 24.6 Å². The molecule has 1 heterocycles. The van der Waals surface area contributed by atoms with E-state index in [1.807, 2.05) is 36.5 Å². The number of imidazole rings is 1. The van der Waals surface area contributed by atoms with Crippen LogP contribution in [0.4, 0.5) is 0 Å². The molecular weight excluding hydrogens is 302 g/mol. The molecule has 1 N–H and O–H groups in total. The zero-order valence-corrected chi connectivity index (χ0v) is 14.4. The number of carbonyl (C=O) groups excluding carboxylic acids is 1. The van der Waals surface area contributed by atoms with Crippen molar-refractivity contribution in [1.82, 2.24) is 14.9 Å². The Balaban J connectivity index is 1.49. The molecule has 3 rings (SSSR count). The molecule has 0 bridgehead atoms. The number of aromatic nitrogens is 2. The van der Waals surface area contributed by atoms with Crippen molar-refractivity contribution in [2.45, 2.75) is 51.7 Å². The molecule has 1 atom stereocenters. The van der Waals surface area contributed by atoms with Gasteiger partial charge in [-0.05, 0) is 38.8 Å². The fourth-order valence-corrected chi connectivity index (χ4v) is 2.95. The summed E-state index contributed by atoms with van der Waals surface area (Å²) in [6.45, 7) is 5.17. The largest absolute Gasteiger partial charge is 0.481 e. The van der Waals surface area contributed by atoms with E-state index in [9.17, 15) is 4.79 Å². The summed E-state index contributed by atoms with van der Waals surface area (Å²) in [6.07, 6.45) is 5.16. The van der Waals surface area contributed by atoms with Gasteiger partial charge in [0.15, 0.2) is 6.10 Å². The Morgan fingerprint density at radius 3 is 2.79 bits per heavy atom. The van der Waals surface area contributed by atoms with E-state index >= 15 is 0 Å². The number of benzene rings is 1. The van der Waals surface area contributed by atoms with Crippen LogP contribution in [0.5, 0.6) is 5.75 Å². The molecule has 1 fully saturated rings. The highest BCUT2D eigenvalue weighted by atomic mass is 16.5.